The second kappa shape index (κ2) is 5.97. The van der Waals surface area contributed by atoms with Crippen molar-refractivity contribution in [1.82, 2.24) is 14.6 Å². The molecule has 0 radical (unpaired) electrons. The molecule has 0 spiro atoms. The molecule has 21 heavy (non-hydrogen) atoms. The first-order valence-corrected chi connectivity index (χ1v) is 8.10. The normalized spacial score (nSPS) is 13.7. The Morgan fingerprint density at radius 2 is 2.05 bits per heavy atom. The lowest BCUT2D eigenvalue weighted by atomic mass is 10.2. The van der Waals surface area contributed by atoms with Crippen LogP contribution in [0.1, 0.15) is 6.92 Å². The second-order valence-electron chi connectivity index (χ2n) is 5.34. The van der Waals surface area contributed by atoms with Crippen LogP contribution in [0.25, 0.3) is 10.9 Å². The third-order valence-electron chi connectivity index (χ3n) is 3.05. The van der Waals surface area contributed by atoms with Gasteiger partial charge in [0, 0.05) is 29.9 Å². The minimum absolute atomic E-state index is 0.151. The quantitative estimate of drug-likeness (QED) is 0.806. The molecule has 1 atom stereocenters. The number of fused-ring (bicyclic) bond motifs is 1. The number of sulfonamides is 1. The van der Waals surface area contributed by atoms with Gasteiger partial charge in [0.25, 0.3) is 0 Å². The topological polar surface area (TPSA) is 88.3 Å². The van der Waals surface area contributed by atoms with Crippen LogP contribution >= 0.6 is 0 Å². The summed E-state index contributed by atoms with van der Waals surface area (Å²) in [6.07, 6.45) is 1.56. The molecule has 0 aliphatic carbocycles. The molecule has 1 aromatic carbocycles. The number of hydrogen-bond donors (Lipinski definition) is 2. The summed E-state index contributed by atoms with van der Waals surface area (Å²) in [7, 11) is 0.144. The number of nitrogens with zero attached hydrogens (tertiary/aromatic N) is 2. The van der Waals surface area contributed by atoms with Gasteiger partial charge in [0.05, 0.1) is 5.52 Å². The predicted octanol–water partition coefficient (Wildman–Crippen LogP) is 1.05. The summed E-state index contributed by atoms with van der Waals surface area (Å²) in [4.78, 5) is 6.24. The predicted molar refractivity (Wildman–Crippen MR) is 84.5 cm³/mol. The van der Waals surface area contributed by atoms with Crippen LogP contribution in [0.15, 0.2) is 35.4 Å². The van der Waals surface area contributed by atoms with Crippen LogP contribution < -0.4 is 10.5 Å². The minimum Gasteiger partial charge on any atom is -0.398 e. The number of hydrogen-bond acceptors (Lipinski definition) is 5. The third kappa shape index (κ3) is 3.49. The van der Waals surface area contributed by atoms with E-state index in [4.69, 9.17) is 5.73 Å². The van der Waals surface area contributed by atoms with E-state index in [1.165, 1.54) is 6.07 Å². The number of likely N-dealkylation sites (N-methyl/N-ethyl adjacent to an activating group) is 1. The fourth-order valence-corrected chi connectivity index (χ4v) is 3.69. The van der Waals surface area contributed by atoms with Crippen molar-refractivity contribution < 1.29 is 8.42 Å². The molecular formula is C14H20N4O2S. The monoisotopic (exact) mass is 308 g/mol. The molecule has 0 bridgehead atoms. The van der Waals surface area contributed by atoms with E-state index in [9.17, 15) is 8.42 Å². The van der Waals surface area contributed by atoms with Crippen molar-refractivity contribution in [2.24, 2.45) is 0 Å². The first kappa shape index (κ1) is 15.7. The number of nitrogen functional groups attached to an aromatic ring is 1. The van der Waals surface area contributed by atoms with Gasteiger partial charge in [-0.1, -0.05) is 0 Å². The van der Waals surface area contributed by atoms with Gasteiger partial charge in [-0.25, -0.2) is 13.1 Å². The molecule has 0 aliphatic heterocycles. The van der Waals surface area contributed by atoms with E-state index in [1.54, 1.807) is 24.4 Å². The molecule has 2 aromatic rings. The van der Waals surface area contributed by atoms with Crippen LogP contribution in [0.3, 0.4) is 0 Å². The Balaban J connectivity index is 2.44. The Morgan fingerprint density at radius 3 is 2.71 bits per heavy atom. The van der Waals surface area contributed by atoms with Crippen LogP contribution in [-0.4, -0.2) is 45.0 Å². The summed E-state index contributed by atoms with van der Waals surface area (Å²) < 4.78 is 27.7. The first-order chi connectivity index (χ1) is 9.81. The molecule has 3 N–H and O–H groups in total. The molecule has 0 fully saturated rings. The van der Waals surface area contributed by atoms with E-state index in [0.29, 0.717) is 23.1 Å². The lowest BCUT2D eigenvalue weighted by Gasteiger charge is -2.19. The van der Waals surface area contributed by atoms with E-state index in [2.05, 4.69) is 9.71 Å². The van der Waals surface area contributed by atoms with Crippen LogP contribution in [-0.2, 0) is 10.0 Å². The Kier molecular flexibility index (Phi) is 4.46. The number of rotatable bonds is 5. The average molecular weight is 308 g/mol. The number of aromatic nitrogens is 1. The van der Waals surface area contributed by atoms with Crippen LogP contribution in [0.2, 0.25) is 0 Å². The van der Waals surface area contributed by atoms with Gasteiger partial charge in [0.15, 0.2) is 0 Å². The number of benzene rings is 1. The Bertz CT molecular complexity index is 744. The summed E-state index contributed by atoms with van der Waals surface area (Å²) in [6.45, 7) is 2.43. The van der Waals surface area contributed by atoms with E-state index >= 15 is 0 Å². The lowest BCUT2D eigenvalue weighted by molar-refractivity contribution is 0.370. The van der Waals surface area contributed by atoms with Crippen molar-refractivity contribution in [1.29, 1.82) is 0 Å². The van der Waals surface area contributed by atoms with Crippen molar-refractivity contribution >= 4 is 26.6 Å². The van der Waals surface area contributed by atoms with Gasteiger partial charge in [-0.05, 0) is 45.3 Å². The molecular weight excluding hydrogens is 288 g/mol. The minimum atomic E-state index is -3.64. The summed E-state index contributed by atoms with van der Waals surface area (Å²) in [5.74, 6) is 0. The highest BCUT2D eigenvalue weighted by Crippen LogP contribution is 2.25. The van der Waals surface area contributed by atoms with Crippen LogP contribution in [0.5, 0.6) is 0 Å². The van der Waals surface area contributed by atoms with Gasteiger partial charge < -0.3 is 10.6 Å². The van der Waals surface area contributed by atoms with Gasteiger partial charge in [0.1, 0.15) is 4.90 Å². The average Bonchev–Trinajstić information content (AvgIpc) is 2.37. The highest BCUT2D eigenvalue weighted by atomic mass is 32.2. The highest BCUT2D eigenvalue weighted by molar-refractivity contribution is 7.89. The number of nitrogens with two attached hydrogens (primary N) is 1. The smallest absolute Gasteiger partial charge is 0.243 e. The first-order valence-electron chi connectivity index (χ1n) is 6.61. The molecule has 1 unspecified atom stereocenters. The summed E-state index contributed by atoms with van der Waals surface area (Å²) in [6, 6.07) is 6.38. The van der Waals surface area contributed by atoms with Gasteiger partial charge in [0.2, 0.25) is 10.0 Å². The SMILES string of the molecule is CC(CN(C)C)NS(=O)(=O)c1ccc(N)c2cccnc12. The van der Waals surface area contributed by atoms with Crippen LogP contribution in [0, 0.1) is 0 Å². The van der Waals surface area contributed by atoms with E-state index in [-0.39, 0.29) is 10.9 Å². The van der Waals surface area contributed by atoms with Crippen molar-refractivity contribution in [2.75, 3.05) is 26.4 Å². The van der Waals surface area contributed by atoms with Crippen molar-refractivity contribution in [3.05, 3.63) is 30.5 Å². The Hall–Kier alpha value is -1.70. The van der Waals surface area contributed by atoms with Gasteiger partial charge in [-0.3, -0.25) is 4.98 Å². The van der Waals surface area contributed by atoms with E-state index in [0.717, 1.165) is 0 Å². The zero-order valence-corrected chi connectivity index (χ0v) is 13.2. The summed E-state index contributed by atoms with van der Waals surface area (Å²) in [5.41, 5.74) is 6.78. The molecule has 114 valence electrons. The molecule has 1 heterocycles. The highest BCUT2D eigenvalue weighted by Gasteiger charge is 2.21. The maximum absolute atomic E-state index is 12.5. The Labute approximate surface area is 125 Å². The fraction of sp³-hybridized carbons (Fsp3) is 0.357. The Morgan fingerprint density at radius 1 is 1.33 bits per heavy atom. The van der Waals surface area contributed by atoms with Crippen molar-refractivity contribution in [3.8, 4) is 0 Å². The molecule has 0 aliphatic rings. The van der Waals surface area contributed by atoms with E-state index in [1.807, 2.05) is 25.9 Å². The molecule has 2 rings (SSSR count). The summed E-state index contributed by atoms with van der Waals surface area (Å²) in [5, 5.41) is 0.639. The summed E-state index contributed by atoms with van der Waals surface area (Å²) >= 11 is 0. The zero-order chi connectivity index (χ0) is 15.6. The third-order valence-corrected chi connectivity index (χ3v) is 4.67. The van der Waals surface area contributed by atoms with Gasteiger partial charge in [-0.15, -0.1) is 0 Å². The van der Waals surface area contributed by atoms with Gasteiger partial charge >= 0.3 is 0 Å². The largest absolute Gasteiger partial charge is 0.398 e. The lowest BCUT2D eigenvalue weighted by Crippen LogP contribution is -2.39. The molecule has 0 amide bonds. The van der Waals surface area contributed by atoms with Crippen LogP contribution in [0.4, 0.5) is 5.69 Å². The van der Waals surface area contributed by atoms with Crippen molar-refractivity contribution in [3.63, 3.8) is 0 Å². The fourth-order valence-electron chi connectivity index (χ4n) is 2.30. The van der Waals surface area contributed by atoms with Gasteiger partial charge in [-0.2, -0.15) is 0 Å². The molecule has 6 nitrogen and oxygen atoms in total. The standard InChI is InChI=1S/C14H20N4O2S/c1-10(9-18(2)3)17-21(19,20)13-7-6-12(15)11-5-4-8-16-14(11)13/h4-8,10,17H,9,15H2,1-3H3. The van der Waals surface area contributed by atoms with Crippen molar-refractivity contribution in [2.45, 2.75) is 17.9 Å². The number of anilines is 1. The maximum atomic E-state index is 12.5. The molecule has 0 saturated heterocycles. The second-order valence-corrected chi connectivity index (χ2v) is 7.02. The molecule has 7 heteroatoms. The molecule has 0 saturated carbocycles. The number of pyridine rings is 1. The maximum Gasteiger partial charge on any atom is 0.243 e. The van der Waals surface area contributed by atoms with E-state index < -0.39 is 10.0 Å². The zero-order valence-electron chi connectivity index (χ0n) is 12.4. The molecule has 1 aromatic heterocycles. The number of nitrogens with one attached hydrogen (secondary N) is 1.